The summed E-state index contributed by atoms with van der Waals surface area (Å²) in [6.07, 6.45) is 0.461. The predicted molar refractivity (Wildman–Crippen MR) is 87.6 cm³/mol. The van der Waals surface area contributed by atoms with E-state index in [-0.39, 0.29) is 11.6 Å². The van der Waals surface area contributed by atoms with Gasteiger partial charge in [0.05, 0.1) is 6.10 Å². The maximum Gasteiger partial charge on any atom is 0.0528 e. The van der Waals surface area contributed by atoms with Gasteiger partial charge in [0.15, 0.2) is 0 Å². The van der Waals surface area contributed by atoms with Gasteiger partial charge in [-0.1, -0.05) is 17.7 Å². The Balaban J connectivity index is 2.87. The van der Waals surface area contributed by atoms with Crippen molar-refractivity contribution in [1.29, 1.82) is 0 Å². The molecule has 114 valence electrons. The first-order valence-corrected chi connectivity index (χ1v) is 7.50. The van der Waals surface area contributed by atoms with Crippen LogP contribution in [0.5, 0.6) is 0 Å². The molecule has 0 saturated heterocycles. The van der Waals surface area contributed by atoms with Gasteiger partial charge in [-0.05, 0) is 46.2 Å². The third-order valence-electron chi connectivity index (χ3n) is 3.18. The van der Waals surface area contributed by atoms with Crippen molar-refractivity contribution < 1.29 is 5.11 Å². The average molecular weight is 299 g/mol. The Morgan fingerprint density at radius 2 is 2.00 bits per heavy atom. The van der Waals surface area contributed by atoms with Gasteiger partial charge in [-0.3, -0.25) is 0 Å². The van der Waals surface area contributed by atoms with E-state index in [0.29, 0.717) is 0 Å². The lowest BCUT2D eigenvalue weighted by Gasteiger charge is -2.26. The van der Waals surface area contributed by atoms with Crippen molar-refractivity contribution >= 4 is 17.3 Å². The second kappa shape index (κ2) is 7.30. The molecule has 1 aromatic rings. The van der Waals surface area contributed by atoms with Crippen LogP contribution >= 0.6 is 11.6 Å². The summed E-state index contributed by atoms with van der Waals surface area (Å²) in [4.78, 5) is 2.15. The molecule has 0 aliphatic heterocycles. The zero-order valence-electron chi connectivity index (χ0n) is 13.2. The number of halogens is 1. The molecule has 1 unspecified atom stereocenters. The summed E-state index contributed by atoms with van der Waals surface area (Å²) in [5, 5.41) is 13.7. The number of hydrogen-bond acceptors (Lipinski definition) is 3. The Hall–Kier alpha value is -0.770. The number of rotatable bonds is 6. The molecule has 0 aliphatic rings. The van der Waals surface area contributed by atoms with Crippen LogP contribution in [0.25, 0.3) is 0 Å². The second-order valence-electron chi connectivity index (χ2n) is 6.40. The summed E-state index contributed by atoms with van der Waals surface area (Å²) < 4.78 is 0. The minimum absolute atomic E-state index is 0.0502. The van der Waals surface area contributed by atoms with Gasteiger partial charge < -0.3 is 15.3 Å². The summed E-state index contributed by atoms with van der Waals surface area (Å²) in [6, 6.07) is 5.97. The minimum Gasteiger partial charge on any atom is -0.393 e. The predicted octanol–water partition coefficient (Wildman–Crippen LogP) is 3.44. The van der Waals surface area contributed by atoms with E-state index in [1.807, 2.05) is 26.1 Å². The molecule has 0 heterocycles. The molecule has 1 atom stereocenters. The number of hydrogen-bond donors (Lipinski definition) is 2. The third kappa shape index (κ3) is 5.70. The lowest BCUT2D eigenvalue weighted by Crippen LogP contribution is -2.35. The van der Waals surface area contributed by atoms with E-state index < -0.39 is 0 Å². The standard InChI is InChI=1S/C16H27ClN2O/c1-12(20)9-10-19(5)15-8-6-7-14(17)13(15)11-18-16(2,3)4/h6-8,12,18,20H,9-11H2,1-5H3. The van der Waals surface area contributed by atoms with Gasteiger partial charge in [-0.15, -0.1) is 0 Å². The zero-order chi connectivity index (χ0) is 15.3. The van der Waals surface area contributed by atoms with Crippen molar-refractivity contribution in [2.75, 3.05) is 18.5 Å². The summed E-state index contributed by atoms with van der Waals surface area (Å²) in [7, 11) is 2.04. The van der Waals surface area contributed by atoms with E-state index in [1.165, 1.54) is 0 Å². The highest BCUT2D eigenvalue weighted by atomic mass is 35.5. The topological polar surface area (TPSA) is 35.5 Å². The molecule has 2 N–H and O–H groups in total. The fraction of sp³-hybridized carbons (Fsp3) is 0.625. The number of benzene rings is 1. The second-order valence-corrected chi connectivity index (χ2v) is 6.81. The summed E-state index contributed by atoms with van der Waals surface area (Å²) in [5.41, 5.74) is 2.28. The van der Waals surface area contributed by atoms with Crippen LogP contribution in [0.4, 0.5) is 5.69 Å². The number of aliphatic hydroxyl groups excluding tert-OH is 1. The number of aliphatic hydroxyl groups is 1. The monoisotopic (exact) mass is 298 g/mol. The van der Waals surface area contributed by atoms with Gasteiger partial charge in [-0.2, -0.15) is 0 Å². The van der Waals surface area contributed by atoms with Crippen LogP contribution in [0, 0.1) is 0 Å². The molecule has 0 spiro atoms. The molecule has 0 amide bonds. The van der Waals surface area contributed by atoms with Gasteiger partial charge in [-0.25, -0.2) is 0 Å². The van der Waals surface area contributed by atoms with Crippen molar-refractivity contribution in [3.63, 3.8) is 0 Å². The molecule has 0 fully saturated rings. The largest absolute Gasteiger partial charge is 0.393 e. The van der Waals surface area contributed by atoms with Crippen molar-refractivity contribution in [3.8, 4) is 0 Å². The first kappa shape index (κ1) is 17.3. The molecule has 1 rings (SSSR count). The Morgan fingerprint density at radius 3 is 2.55 bits per heavy atom. The normalized spacial score (nSPS) is 13.3. The lowest BCUT2D eigenvalue weighted by atomic mass is 10.1. The summed E-state index contributed by atoms with van der Waals surface area (Å²) in [5.74, 6) is 0. The molecule has 3 nitrogen and oxygen atoms in total. The van der Waals surface area contributed by atoms with Crippen LogP contribution in [-0.4, -0.2) is 30.3 Å². The minimum atomic E-state index is -0.284. The number of nitrogens with one attached hydrogen (secondary N) is 1. The van der Waals surface area contributed by atoms with E-state index in [1.54, 1.807) is 0 Å². The Bertz CT molecular complexity index is 427. The van der Waals surface area contributed by atoms with Crippen LogP contribution in [0.2, 0.25) is 5.02 Å². The van der Waals surface area contributed by atoms with Crippen LogP contribution in [0.1, 0.15) is 39.7 Å². The highest BCUT2D eigenvalue weighted by molar-refractivity contribution is 6.31. The molecule has 20 heavy (non-hydrogen) atoms. The maximum absolute atomic E-state index is 9.42. The van der Waals surface area contributed by atoms with Crippen LogP contribution in [0.3, 0.4) is 0 Å². The van der Waals surface area contributed by atoms with Crippen LogP contribution in [0.15, 0.2) is 18.2 Å². The smallest absolute Gasteiger partial charge is 0.0528 e. The molecule has 0 aromatic heterocycles. The highest BCUT2D eigenvalue weighted by Crippen LogP contribution is 2.27. The van der Waals surface area contributed by atoms with Gasteiger partial charge >= 0.3 is 0 Å². The quantitative estimate of drug-likeness (QED) is 0.844. The van der Waals surface area contributed by atoms with Crippen molar-refractivity contribution in [2.45, 2.75) is 52.3 Å². The maximum atomic E-state index is 9.42. The van der Waals surface area contributed by atoms with E-state index >= 15 is 0 Å². The lowest BCUT2D eigenvalue weighted by molar-refractivity contribution is 0.187. The molecule has 0 radical (unpaired) electrons. The van der Waals surface area contributed by atoms with Crippen molar-refractivity contribution in [3.05, 3.63) is 28.8 Å². The molecule has 0 aliphatic carbocycles. The van der Waals surface area contributed by atoms with Crippen LogP contribution < -0.4 is 10.2 Å². The Labute approximate surface area is 127 Å². The molecular formula is C16H27ClN2O. The fourth-order valence-corrected chi connectivity index (χ4v) is 2.17. The molecule has 0 saturated carbocycles. The summed E-state index contributed by atoms with van der Waals surface area (Å²) >= 11 is 6.35. The average Bonchev–Trinajstić information content (AvgIpc) is 2.33. The van der Waals surface area contributed by atoms with Gasteiger partial charge in [0.2, 0.25) is 0 Å². The van der Waals surface area contributed by atoms with Crippen LogP contribution in [-0.2, 0) is 6.54 Å². The first-order chi connectivity index (χ1) is 9.20. The summed E-state index contributed by atoms with van der Waals surface area (Å²) in [6.45, 7) is 9.77. The zero-order valence-corrected chi connectivity index (χ0v) is 14.0. The van der Waals surface area contributed by atoms with E-state index in [9.17, 15) is 5.11 Å². The molecule has 0 bridgehead atoms. The first-order valence-electron chi connectivity index (χ1n) is 7.12. The van der Waals surface area contributed by atoms with E-state index in [4.69, 9.17) is 11.6 Å². The van der Waals surface area contributed by atoms with Gasteiger partial charge in [0, 0.05) is 41.9 Å². The van der Waals surface area contributed by atoms with Crippen molar-refractivity contribution in [1.82, 2.24) is 5.32 Å². The number of anilines is 1. The molecular weight excluding hydrogens is 272 g/mol. The SMILES string of the molecule is CC(O)CCN(C)c1cccc(Cl)c1CNC(C)(C)C. The van der Waals surface area contributed by atoms with E-state index in [0.717, 1.165) is 35.8 Å². The Morgan fingerprint density at radius 1 is 1.35 bits per heavy atom. The van der Waals surface area contributed by atoms with Gasteiger partial charge in [0.1, 0.15) is 0 Å². The third-order valence-corrected chi connectivity index (χ3v) is 3.54. The molecule has 4 heteroatoms. The fourth-order valence-electron chi connectivity index (χ4n) is 1.93. The van der Waals surface area contributed by atoms with Gasteiger partial charge in [0.25, 0.3) is 0 Å². The van der Waals surface area contributed by atoms with E-state index in [2.05, 4.69) is 37.1 Å². The number of nitrogens with zero attached hydrogens (tertiary/aromatic N) is 1. The highest BCUT2D eigenvalue weighted by Gasteiger charge is 2.15. The molecule has 1 aromatic carbocycles. The van der Waals surface area contributed by atoms with Crippen molar-refractivity contribution in [2.24, 2.45) is 0 Å². The Kier molecular flexibility index (Phi) is 6.31.